The van der Waals surface area contributed by atoms with E-state index in [1.807, 2.05) is 0 Å². The quantitative estimate of drug-likeness (QED) is 0.679. The van der Waals surface area contributed by atoms with E-state index >= 15 is 0 Å². The predicted octanol–water partition coefficient (Wildman–Crippen LogP) is 2.45. The van der Waals surface area contributed by atoms with Crippen LogP contribution in [0.3, 0.4) is 0 Å². The Balaban J connectivity index is 2.21. The lowest BCUT2D eigenvalue weighted by molar-refractivity contribution is 0.475. The van der Waals surface area contributed by atoms with Crippen LogP contribution < -0.4 is 0 Å². The highest BCUT2D eigenvalue weighted by molar-refractivity contribution is 6.33. The van der Waals surface area contributed by atoms with Crippen LogP contribution in [0.2, 0.25) is 5.15 Å². The number of nitrogens with zero attached hydrogens (tertiary/aromatic N) is 4. The molecule has 0 spiro atoms. The molecule has 0 saturated carbocycles. The first kappa shape index (κ1) is 10.9. The molecule has 0 aliphatic carbocycles. The van der Waals surface area contributed by atoms with Gasteiger partial charge in [-0.05, 0) is 24.3 Å². The van der Waals surface area contributed by atoms with Crippen LogP contribution in [0.1, 0.15) is 0 Å². The van der Waals surface area contributed by atoms with Crippen molar-refractivity contribution in [3.8, 4) is 17.1 Å². The van der Waals surface area contributed by atoms with Crippen molar-refractivity contribution in [1.29, 1.82) is 0 Å². The molecule has 0 radical (unpaired) electrons. The summed E-state index contributed by atoms with van der Waals surface area (Å²) in [6.45, 7) is 0. The molecule has 0 bridgehead atoms. The molecule has 2 heterocycles. The van der Waals surface area contributed by atoms with Gasteiger partial charge in [0.15, 0.2) is 16.6 Å². The summed E-state index contributed by atoms with van der Waals surface area (Å²) >= 11 is 6.04. The van der Waals surface area contributed by atoms with Crippen molar-refractivity contribution in [2.75, 3.05) is 0 Å². The first-order valence-corrected chi connectivity index (χ1v) is 5.55. The van der Waals surface area contributed by atoms with Crippen molar-refractivity contribution in [1.82, 2.24) is 19.9 Å². The Morgan fingerprint density at radius 3 is 2.44 bits per heavy atom. The molecule has 0 unspecified atom stereocenters. The van der Waals surface area contributed by atoms with Gasteiger partial charge in [-0.15, -0.1) is 0 Å². The summed E-state index contributed by atoms with van der Waals surface area (Å²) in [6, 6.07) is 6.55. The Morgan fingerprint density at radius 1 is 0.944 bits per heavy atom. The molecule has 0 aliphatic heterocycles. The van der Waals surface area contributed by atoms with Crippen LogP contribution >= 0.6 is 11.6 Å². The number of fused-ring (bicyclic) bond motifs is 1. The third-order valence-corrected chi connectivity index (χ3v) is 2.68. The van der Waals surface area contributed by atoms with Crippen LogP contribution in [0.5, 0.6) is 5.75 Å². The molecule has 1 N–H and O–H groups in total. The van der Waals surface area contributed by atoms with Crippen molar-refractivity contribution < 1.29 is 5.11 Å². The molecule has 1 aromatic carbocycles. The van der Waals surface area contributed by atoms with E-state index in [1.54, 1.807) is 30.5 Å². The van der Waals surface area contributed by atoms with Gasteiger partial charge in [-0.1, -0.05) is 11.6 Å². The minimum atomic E-state index is 0.186. The number of halogens is 1. The highest BCUT2D eigenvalue weighted by atomic mass is 35.5. The van der Waals surface area contributed by atoms with E-state index in [9.17, 15) is 5.11 Å². The minimum Gasteiger partial charge on any atom is -0.508 e. The van der Waals surface area contributed by atoms with Gasteiger partial charge in [-0.3, -0.25) is 0 Å². The maximum absolute atomic E-state index is 9.24. The number of hydrogen-bond donors (Lipinski definition) is 1. The monoisotopic (exact) mass is 258 g/mol. The number of hydrogen-bond acceptors (Lipinski definition) is 5. The summed E-state index contributed by atoms with van der Waals surface area (Å²) in [5.74, 6) is 0.637. The number of benzene rings is 1. The Hall–Kier alpha value is -2.27. The molecule has 0 saturated heterocycles. The summed E-state index contributed by atoms with van der Waals surface area (Å²) in [5.41, 5.74) is 1.67. The molecular formula is C12H7ClN4O. The van der Waals surface area contributed by atoms with Gasteiger partial charge < -0.3 is 5.11 Å². The fourth-order valence-corrected chi connectivity index (χ4v) is 1.78. The fraction of sp³-hybridized carbons (Fsp3) is 0. The average Bonchev–Trinajstić information content (AvgIpc) is 2.39. The van der Waals surface area contributed by atoms with Crippen molar-refractivity contribution in [3.63, 3.8) is 0 Å². The van der Waals surface area contributed by atoms with E-state index in [0.717, 1.165) is 5.56 Å². The Kier molecular flexibility index (Phi) is 2.53. The van der Waals surface area contributed by atoms with Gasteiger partial charge >= 0.3 is 0 Å². The molecule has 0 aliphatic rings. The van der Waals surface area contributed by atoms with Crippen molar-refractivity contribution in [2.45, 2.75) is 0 Å². The Bertz CT molecular complexity index is 715. The van der Waals surface area contributed by atoms with E-state index in [1.165, 1.54) is 6.20 Å². The Morgan fingerprint density at radius 2 is 1.67 bits per heavy atom. The lowest BCUT2D eigenvalue weighted by Crippen LogP contribution is -1.95. The van der Waals surface area contributed by atoms with Gasteiger partial charge in [0.1, 0.15) is 11.3 Å². The normalized spacial score (nSPS) is 10.7. The second kappa shape index (κ2) is 4.19. The maximum atomic E-state index is 9.24. The molecule has 18 heavy (non-hydrogen) atoms. The van der Waals surface area contributed by atoms with Crippen LogP contribution in [0.4, 0.5) is 0 Å². The largest absolute Gasteiger partial charge is 0.508 e. The maximum Gasteiger partial charge on any atom is 0.183 e. The first-order valence-electron chi connectivity index (χ1n) is 5.18. The standard InChI is InChI=1S/C12H7ClN4O/c13-10-9-12(15-6-5-14-9)17-11(16-10)7-1-3-8(18)4-2-7/h1-6,18H. The third kappa shape index (κ3) is 1.84. The number of aromatic hydroxyl groups is 1. The van der Waals surface area contributed by atoms with Crippen LogP contribution in [0.25, 0.3) is 22.6 Å². The van der Waals surface area contributed by atoms with Gasteiger partial charge in [-0.25, -0.2) is 19.9 Å². The molecule has 3 aromatic rings. The zero-order valence-corrected chi connectivity index (χ0v) is 9.83. The van der Waals surface area contributed by atoms with E-state index in [-0.39, 0.29) is 10.9 Å². The predicted molar refractivity (Wildman–Crippen MR) is 67.2 cm³/mol. The van der Waals surface area contributed by atoms with Crippen molar-refractivity contribution in [3.05, 3.63) is 41.8 Å². The molecule has 0 amide bonds. The van der Waals surface area contributed by atoms with Gasteiger partial charge in [0.2, 0.25) is 0 Å². The lowest BCUT2D eigenvalue weighted by atomic mass is 10.2. The van der Waals surface area contributed by atoms with E-state index < -0.39 is 0 Å². The second-order valence-electron chi connectivity index (χ2n) is 3.61. The second-order valence-corrected chi connectivity index (χ2v) is 3.97. The highest BCUT2D eigenvalue weighted by Crippen LogP contribution is 2.23. The van der Waals surface area contributed by atoms with E-state index in [4.69, 9.17) is 11.6 Å². The number of rotatable bonds is 1. The minimum absolute atomic E-state index is 0.186. The molecule has 6 heteroatoms. The lowest BCUT2D eigenvalue weighted by Gasteiger charge is -2.03. The zero-order valence-electron chi connectivity index (χ0n) is 9.08. The Labute approximate surface area is 107 Å². The van der Waals surface area contributed by atoms with Gasteiger partial charge in [0, 0.05) is 18.0 Å². The first-order chi connectivity index (χ1) is 8.74. The third-order valence-electron chi connectivity index (χ3n) is 2.42. The van der Waals surface area contributed by atoms with Crippen LogP contribution in [0.15, 0.2) is 36.7 Å². The molecule has 0 fully saturated rings. The number of aromatic nitrogens is 4. The topological polar surface area (TPSA) is 71.8 Å². The molecule has 2 aromatic heterocycles. The van der Waals surface area contributed by atoms with E-state index in [0.29, 0.717) is 17.0 Å². The summed E-state index contributed by atoms with van der Waals surface area (Å²) in [5, 5.41) is 9.50. The highest BCUT2D eigenvalue weighted by Gasteiger charge is 2.09. The van der Waals surface area contributed by atoms with Gasteiger partial charge in [0.25, 0.3) is 0 Å². The summed E-state index contributed by atoms with van der Waals surface area (Å²) in [4.78, 5) is 16.6. The van der Waals surface area contributed by atoms with Crippen LogP contribution in [0, 0.1) is 0 Å². The summed E-state index contributed by atoms with van der Waals surface area (Å²) in [7, 11) is 0. The van der Waals surface area contributed by atoms with Gasteiger partial charge in [-0.2, -0.15) is 0 Å². The number of phenols is 1. The van der Waals surface area contributed by atoms with Crippen molar-refractivity contribution in [2.24, 2.45) is 0 Å². The smallest absolute Gasteiger partial charge is 0.183 e. The summed E-state index contributed by atoms with van der Waals surface area (Å²) < 4.78 is 0. The fourth-order valence-electron chi connectivity index (χ4n) is 1.57. The zero-order chi connectivity index (χ0) is 12.5. The molecular weight excluding hydrogens is 252 g/mol. The molecule has 0 atom stereocenters. The number of phenolic OH excluding ortho intramolecular Hbond substituents is 1. The van der Waals surface area contributed by atoms with Gasteiger partial charge in [0.05, 0.1) is 0 Å². The molecule has 88 valence electrons. The van der Waals surface area contributed by atoms with Crippen molar-refractivity contribution >= 4 is 22.8 Å². The van der Waals surface area contributed by atoms with Crippen LogP contribution in [-0.2, 0) is 0 Å². The molecule has 5 nitrogen and oxygen atoms in total. The molecule has 3 rings (SSSR count). The SMILES string of the molecule is Oc1ccc(-c2nc(Cl)c3nccnc3n2)cc1. The summed E-state index contributed by atoms with van der Waals surface area (Å²) in [6.07, 6.45) is 3.09. The van der Waals surface area contributed by atoms with E-state index in [2.05, 4.69) is 19.9 Å². The van der Waals surface area contributed by atoms with Crippen LogP contribution in [-0.4, -0.2) is 25.0 Å². The average molecular weight is 259 g/mol.